The van der Waals surface area contributed by atoms with Crippen molar-refractivity contribution < 1.29 is 35.9 Å². The third-order valence-electron chi connectivity index (χ3n) is 6.71. The number of carbonyl (C=O) groups is 2. The Labute approximate surface area is 199 Å². The molecule has 196 valence electrons. The average Bonchev–Trinajstić information content (AvgIpc) is 2.77. The number of hydrogen-bond donors (Lipinski definition) is 2. The number of rotatable bonds is 7. The first-order valence-corrected chi connectivity index (χ1v) is 11.7. The molecule has 3 rings (SSSR count). The zero-order chi connectivity index (χ0) is 25.8. The second-order valence-electron chi connectivity index (χ2n) is 9.31. The number of amides is 2. The third kappa shape index (κ3) is 8.01. The molecular formula is C23H30F6N4O2. The highest BCUT2D eigenvalue weighted by atomic mass is 19.4. The Morgan fingerprint density at radius 3 is 1.91 bits per heavy atom. The van der Waals surface area contributed by atoms with Gasteiger partial charge in [-0.3, -0.25) is 14.5 Å². The lowest BCUT2D eigenvalue weighted by Gasteiger charge is -2.37. The minimum atomic E-state index is -4.86. The Kier molecular flexibility index (Phi) is 8.55. The number of benzene rings is 1. The fourth-order valence-corrected chi connectivity index (χ4v) is 4.75. The van der Waals surface area contributed by atoms with Crippen LogP contribution in [0.5, 0.6) is 0 Å². The van der Waals surface area contributed by atoms with Crippen LogP contribution < -0.4 is 16.0 Å². The van der Waals surface area contributed by atoms with Crippen LogP contribution in [-0.4, -0.2) is 55.5 Å². The lowest BCUT2D eigenvalue weighted by Crippen LogP contribution is -2.47. The number of nitrogens with two attached hydrogens (primary N) is 1. The first-order chi connectivity index (χ1) is 16.3. The van der Waals surface area contributed by atoms with Gasteiger partial charge in [0.2, 0.25) is 11.8 Å². The van der Waals surface area contributed by atoms with Crippen LogP contribution in [0.4, 0.5) is 32.0 Å². The van der Waals surface area contributed by atoms with Crippen molar-refractivity contribution in [2.45, 2.75) is 56.9 Å². The quantitative estimate of drug-likeness (QED) is 0.434. The lowest BCUT2D eigenvalue weighted by atomic mass is 9.84. The summed E-state index contributed by atoms with van der Waals surface area (Å²) in [6.45, 7) is 2.59. The summed E-state index contributed by atoms with van der Waals surface area (Å²) in [5, 5.41) is 2.83. The molecular weight excluding hydrogens is 478 g/mol. The molecule has 1 aromatic carbocycles. The van der Waals surface area contributed by atoms with Gasteiger partial charge in [-0.2, -0.15) is 26.3 Å². The van der Waals surface area contributed by atoms with Gasteiger partial charge in [0.25, 0.3) is 0 Å². The molecule has 1 aliphatic carbocycles. The summed E-state index contributed by atoms with van der Waals surface area (Å²) in [6, 6.07) is 1.75. The van der Waals surface area contributed by atoms with Gasteiger partial charge < -0.3 is 16.0 Å². The van der Waals surface area contributed by atoms with Gasteiger partial charge in [-0.1, -0.05) is 0 Å². The van der Waals surface area contributed by atoms with E-state index in [1.165, 1.54) is 0 Å². The van der Waals surface area contributed by atoms with Crippen molar-refractivity contribution in [2.75, 3.05) is 37.6 Å². The fraction of sp³-hybridized carbons (Fsp3) is 0.652. The second-order valence-corrected chi connectivity index (χ2v) is 9.31. The molecule has 1 aliphatic heterocycles. The van der Waals surface area contributed by atoms with Crippen LogP contribution in [-0.2, 0) is 21.9 Å². The molecule has 2 aliphatic rings. The van der Waals surface area contributed by atoms with Crippen LogP contribution in [0.1, 0.15) is 49.7 Å². The molecule has 1 saturated heterocycles. The van der Waals surface area contributed by atoms with E-state index in [1.54, 1.807) is 4.90 Å². The zero-order valence-electron chi connectivity index (χ0n) is 19.2. The van der Waals surface area contributed by atoms with E-state index in [4.69, 9.17) is 5.73 Å². The number of anilines is 1. The standard InChI is InChI=1S/C23H30F6N4O2/c24-22(25,26)16-11-17(23(27,28)29)13-19(12-16)33-9-7-32(8-10-33)6-5-15-1-3-18(4-2-15)31-21(35)14-20(30)34/h11-13,15,18H,1-10,14H2,(H2,30,34)(H,31,35). The molecule has 1 aromatic rings. The number of nitrogens with zero attached hydrogens (tertiary/aromatic N) is 2. The first-order valence-electron chi connectivity index (χ1n) is 11.7. The summed E-state index contributed by atoms with van der Waals surface area (Å²) in [5.74, 6) is -0.540. The number of halogens is 6. The number of primary amides is 1. The summed E-state index contributed by atoms with van der Waals surface area (Å²) in [7, 11) is 0. The minimum Gasteiger partial charge on any atom is -0.369 e. The maximum Gasteiger partial charge on any atom is 0.416 e. The van der Waals surface area contributed by atoms with Crippen molar-refractivity contribution >= 4 is 17.5 Å². The summed E-state index contributed by atoms with van der Waals surface area (Å²) >= 11 is 0. The van der Waals surface area contributed by atoms with Crippen LogP contribution in [0.2, 0.25) is 0 Å². The van der Waals surface area contributed by atoms with Gasteiger partial charge in [-0.25, -0.2) is 0 Å². The Hall–Kier alpha value is -2.50. The zero-order valence-corrected chi connectivity index (χ0v) is 19.2. The summed E-state index contributed by atoms with van der Waals surface area (Å²) < 4.78 is 78.9. The second kappa shape index (κ2) is 11.0. The largest absolute Gasteiger partial charge is 0.416 e. The van der Waals surface area contributed by atoms with E-state index in [2.05, 4.69) is 10.2 Å². The molecule has 35 heavy (non-hydrogen) atoms. The molecule has 0 aromatic heterocycles. The number of nitrogens with one attached hydrogen (secondary N) is 1. The molecule has 0 unspecified atom stereocenters. The molecule has 1 heterocycles. The topological polar surface area (TPSA) is 78.7 Å². The average molecular weight is 509 g/mol. The van der Waals surface area contributed by atoms with Crippen molar-refractivity contribution in [3.8, 4) is 0 Å². The maximum absolute atomic E-state index is 13.1. The molecule has 0 spiro atoms. The molecule has 6 nitrogen and oxygen atoms in total. The summed E-state index contributed by atoms with van der Waals surface area (Å²) in [5.41, 5.74) is 2.36. The predicted octanol–water partition coefficient (Wildman–Crippen LogP) is 3.79. The Bertz CT molecular complexity index is 857. The van der Waals surface area contributed by atoms with Crippen molar-refractivity contribution in [1.82, 2.24) is 10.2 Å². The van der Waals surface area contributed by atoms with E-state index < -0.39 is 29.4 Å². The Morgan fingerprint density at radius 2 is 1.43 bits per heavy atom. The summed E-state index contributed by atoms with van der Waals surface area (Å²) in [6.07, 6.45) is -5.59. The molecule has 3 N–H and O–H groups in total. The molecule has 12 heteroatoms. The highest BCUT2D eigenvalue weighted by molar-refractivity contribution is 5.96. The normalized spacial score (nSPS) is 22.2. The minimum absolute atomic E-state index is 0.0377. The number of piperazine rings is 1. The van der Waals surface area contributed by atoms with Crippen LogP contribution >= 0.6 is 0 Å². The third-order valence-corrected chi connectivity index (χ3v) is 6.71. The van der Waals surface area contributed by atoms with Gasteiger partial charge in [-0.05, 0) is 62.8 Å². The highest BCUT2D eigenvalue weighted by Gasteiger charge is 2.37. The molecule has 2 fully saturated rings. The van der Waals surface area contributed by atoms with Crippen LogP contribution in [0.3, 0.4) is 0 Å². The predicted molar refractivity (Wildman–Crippen MR) is 117 cm³/mol. The number of carbonyl (C=O) groups excluding carboxylic acids is 2. The van der Waals surface area contributed by atoms with Gasteiger partial charge in [0.1, 0.15) is 6.42 Å². The number of hydrogen-bond acceptors (Lipinski definition) is 4. The van der Waals surface area contributed by atoms with Gasteiger partial charge >= 0.3 is 12.4 Å². The summed E-state index contributed by atoms with van der Waals surface area (Å²) in [4.78, 5) is 26.2. The highest BCUT2D eigenvalue weighted by Crippen LogP contribution is 2.38. The lowest BCUT2D eigenvalue weighted by molar-refractivity contribution is -0.143. The van der Waals surface area contributed by atoms with Gasteiger partial charge in [0, 0.05) is 37.9 Å². The molecule has 0 atom stereocenters. The van der Waals surface area contributed by atoms with E-state index in [1.807, 2.05) is 0 Å². The molecule has 2 amide bonds. The Balaban J connectivity index is 1.46. The van der Waals surface area contributed by atoms with E-state index >= 15 is 0 Å². The number of alkyl halides is 6. The molecule has 0 bridgehead atoms. The van der Waals surface area contributed by atoms with Crippen LogP contribution in [0.25, 0.3) is 0 Å². The van der Waals surface area contributed by atoms with Gasteiger partial charge in [0.05, 0.1) is 11.1 Å². The van der Waals surface area contributed by atoms with E-state index in [9.17, 15) is 35.9 Å². The first kappa shape index (κ1) is 27.1. The van der Waals surface area contributed by atoms with E-state index in [0.717, 1.165) is 50.8 Å². The van der Waals surface area contributed by atoms with Gasteiger partial charge in [-0.15, -0.1) is 0 Å². The van der Waals surface area contributed by atoms with Crippen LogP contribution in [0, 0.1) is 5.92 Å². The van der Waals surface area contributed by atoms with E-state index in [0.29, 0.717) is 32.1 Å². The van der Waals surface area contributed by atoms with Crippen molar-refractivity contribution in [3.63, 3.8) is 0 Å². The van der Waals surface area contributed by atoms with Crippen molar-refractivity contribution in [1.29, 1.82) is 0 Å². The smallest absolute Gasteiger partial charge is 0.369 e. The maximum atomic E-state index is 13.1. The molecule has 1 saturated carbocycles. The SMILES string of the molecule is NC(=O)CC(=O)NC1CCC(CCN2CCN(c3cc(C(F)(F)F)cc(C(F)(F)F)c3)CC2)CC1. The fourth-order valence-electron chi connectivity index (χ4n) is 4.75. The Morgan fingerprint density at radius 1 is 0.886 bits per heavy atom. The van der Waals surface area contributed by atoms with Gasteiger partial charge in [0.15, 0.2) is 0 Å². The van der Waals surface area contributed by atoms with Crippen molar-refractivity contribution in [2.24, 2.45) is 11.7 Å². The van der Waals surface area contributed by atoms with Crippen molar-refractivity contribution in [3.05, 3.63) is 29.3 Å². The van der Waals surface area contributed by atoms with E-state index in [-0.39, 0.29) is 30.1 Å². The monoisotopic (exact) mass is 508 g/mol. The van der Waals surface area contributed by atoms with Crippen LogP contribution in [0.15, 0.2) is 18.2 Å². The molecule has 0 radical (unpaired) electrons.